The lowest BCUT2D eigenvalue weighted by molar-refractivity contribution is -0.120. The Kier molecular flexibility index (Phi) is 7.06. The van der Waals surface area contributed by atoms with Gasteiger partial charge in [-0.3, -0.25) is 9.69 Å². The number of halogens is 2. The molecule has 2 aliphatic heterocycles. The maximum atomic E-state index is 14.3. The topological polar surface area (TPSA) is 67.6 Å². The molecular formula is C26H29F2N3O2. The van der Waals surface area contributed by atoms with Crippen molar-refractivity contribution in [3.8, 4) is 6.07 Å². The number of hydrogen-bond donors (Lipinski definition) is 1. The second kappa shape index (κ2) is 9.98. The van der Waals surface area contributed by atoms with Gasteiger partial charge in [-0.05, 0) is 67.5 Å². The number of aliphatic hydroxyl groups excluding tert-OH is 1. The van der Waals surface area contributed by atoms with Crippen LogP contribution in [0.3, 0.4) is 0 Å². The number of likely N-dealkylation sites (tertiary alicyclic amines) is 1. The van der Waals surface area contributed by atoms with E-state index in [0.717, 1.165) is 24.0 Å². The van der Waals surface area contributed by atoms with E-state index in [0.29, 0.717) is 44.6 Å². The highest BCUT2D eigenvalue weighted by Crippen LogP contribution is 2.39. The minimum absolute atomic E-state index is 0.0160. The molecular weight excluding hydrogens is 424 g/mol. The van der Waals surface area contributed by atoms with Crippen LogP contribution in [-0.4, -0.2) is 48.7 Å². The number of nitrogens with zero attached hydrogens (tertiary/aromatic N) is 3. The first-order valence-electron chi connectivity index (χ1n) is 11.5. The molecule has 0 saturated carbocycles. The Hall–Kier alpha value is -2.82. The first kappa shape index (κ1) is 23.3. The van der Waals surface area contributed by atoms with Gasteiger partial charge in [0.15, 0.2) is 0 Å². The van der Waals surface area contributed by atoms with Crippen molar-refractivity contribution >= 4 is 11.6 Å². The Morgan fingerprint density at radius 1 is 1.09 bits per heavy atom. The monoisotopic (exact) mass is 453 g/mol. The summed E-state index contributed by atoms with van der Waals surface area (Å²) >= 11 is 0. The number of rotatable bonds is 5. The SMILES string of the molecule is N#CC1(CCO)CCN(CC(=O)N2CCCC(c3ccc(F)cc3)c3ccc(F)cc32)CC1. The highest BCUT2D eigenvalue weighted by atomic mass is 19.1. The second-order valence-electron chi connectivity index (χ2n) is 9.14. The van der Waals surface area contributed by atoms with Gasteiger partial charge in [-0.2, -0.15) is 5.26 Å². The van der Waals surface area contributed by atoms with Crippen LogP contribution in [0.4, 0.5) is 14.5 Å². The van der Waals surface area contributed by atoms with Crippen molar-refractivity contribution in [2.45, 2.75) is 38.0 Å². The third-order valence-corrected chi connectivity index (χ3v) is 7.11. The van der Waals surface area contributed by atoms with E-state index in [2.05, 4.69) is 6.07 Å². The largest absolute Gasteiger partial charge is 0.396 e. The molecule has 1 saturated heterocycles. The number of fused-ring (bicyclic) bond motifs is 1. The first-order chi connectivity index (χ1) is 15.9. The fourth-order valence-electron chi connectivity index (χ4n) is 5.12. The predicted molar refractivity (Wildman–Crippen MR) is 122 cm³/mol. The Morgan fingerprint density at radius 3 is 2.45 bits per heavy atom. The van der Waals surface area contributed by atoms with Gasteiger partial charge < -0.3 is 10.0 Å². The number of anilines is 1. The summed E-state index contributed by atoms with van der Waals surface area (Å²) in [6.07, 6.45) is 3.22. The molecule has 1 N–H and O–H groups in total. The summed E-state index contributed by atoms with van der Waals surface area (Å²) in [6, 6.07) is 13.3. The van der Waals surface area contributed by atoms with Crippen LogP contribution < -0.4 is 4.90 Å². The van der Waals surface area contributed by atoms with Crippen molar-refractivity contribution in [3.63, 3.8) is 0 Å². The van der Waals surface area contributed by atoms with Gasteiger partial charge in [0, 0.05) is 32.2 Å². The third-order valence-electron chi connectivity index (χ3n) is 7.11. The molecule has 5 nitrogen and oxygen atoms in total. The van der Waals surface area contributed by atoms with Gasteiger partial charge in [-0.1, -0.05) is 18.2 Å². The van der Waals surface area contributed by atoms with Crippen LogP contribution in [0.5, 0.6) is 0 Å². The van der Waals surface area contributed by atoms with Crippen LogP contribution in [0, 0.1) is 28.4 Å². The molecule has 4 rings (SSSR count). The van der Waals surface area contributed by atoms with Crippen LogP contribution in [0.1, 0.15) is 49.1 Å². The molecule has 1 atom stereocenters. The van der Waals surface area contributed by atoms with E-state index >= 15 is 0 Å². The molecule has 2 aromatic rings. The van der Waals surface area contributed by atoms with Crippen LogP contribution in [0.15, 0.2) is 42.5 Å². The quantitative estimate of drug-likeness (QED) is 0.737. The van der Waals surface area contributed by atoms with Gasteiger partial charge in [-0.25, -0.2) is 8.78 Å². The molecule has 0 spiro atoms. The van der Waals surface area contributed by atoms with Gasteiger partial charge in [0.2, 0.25) is 5.91 Å². The number of nitriles is 1. The number of carbonyl (C=O) groups is 1. The lowest BCUT2D eigenvalue weighted by Crippen LogP contribution is -2.46. The first-order valence-corrected chi connectivity index (χ1v) is 11.5. The molecule has 0 bridgehead atoms. The maximum Gasteiger partial charge on any atom is 0.241 e. The average molecular weight is 454 g/mol. The summed E-state index contributed by atoms with van der Waals surface area (Å²) in [5, 5.41) is 18.8. The third kappa shape index (κ3) is 5.07. The zero-order chi connectivity index (χ0) is 23.4. The number of aliphatic hydroxyl groups is 1. The molecule has 1 amide bonds. The van der Waals surface area contributed by atoms with E-state index in [4.69, 9.17) is 0 Å². The molecule has 1 unspecified atom stereocenters. The van der Waals surface area contributed by atoms with E-state index in [-0.39, 0.29) is 30.8 Å². The lowest BCUT2D eigenvalue weighted by atomic mass is 9.77. The van der Waals surface area contributed by atoms with Crippen molar-refractivity contribution < 1.29 is 18.7 Å². The zero-order valence-electron chi connectivity index (χ0n) is 18.6. The van der Waals surface area contributed by atoms with E-state index in [1.165, 1.54) is 24.3 Å². The van der Waals surface area contributed by atoms with Gasteiger partial charge in [0.1, 0.15) is 11.6 Å². The van der Waals surface area contributed by atoms with Crippen molar-refractivity contribution in [2.75, 3.05) is 37.7 Å². The van der Waals surface area contributed by atoms with Gasteiger partial charge in [0.05, 0.1) is 23.7 Å². The molecule has 2 aromatic carbocycles. The molecule has 174 valence electrons. The van der Waals surface area contributed by atoms with E-state index < -0.39 is 11.2 Å². The fraction of sp³-hybridized carbons (Fsp3) is 0.462. The van der Waals surface area contributed by atoms with Gasteiger partial charge in [0.25, 0.3) is 0 Å². The normalized spacial score (nSPS) is 20.5. The Balaban J connectivity index is 1.53. The van der Waals surface area contributed by atoms with Crippen LogP contribution in [0.2, 0.25) is 0 Å². The minimum Gasteiger partial charge on any atom is -0.396 e. The second-order valence-corrected chi connectivity index (χ2v) is 9.14. The van der Waals surface area contributed by atoms with Crippen LogP contribution in [0.25, 0.3) is 0 Å². The van der Waals surface area contributed by atoms with Crippen molar-refractivity contribution in [3.05, 3.63) is 65.2 Å². The summed E-state index contributed by atoms with van der Waals surface area (Å²) in [5.41, 5.74) is 1.88. The molecule has 0 aliphatic carbocycles. The number of carbonyl (C=O) groups excluding carboxylic acids is 1. The van der Waals surface area contributed by atoms with Gasteiger partial charge in [-0.15, -0.1) is 0 Å². The standard InChI is InChI=1S/C26H29F2N3O2/c27-20-5-3-19(4-6-20)22-2-1-12-31(24-16-21(28)7-8-23(22)24)25(33)17-30-13-9-26(18-29,10-14-30)11-15-32/h3-8,16,22,32H,1-2,9-15,17H2. The summed E-state index contributed by atoms with van der Waals surface area (Å²) in [4.78, 5) is 17.1. The number of piperidine rings is 1. The van der Waals surface area contributed by atoms with Crippen molar-refractivity contribution in [2.24, 2.45) is 5.41 Å². The van der Waals surface area contributed by atoms with E-state index in [9.17, 15) is 23.9 Å². The molecule has 2 heterocycles. The molecule has 0 aromatic heterocycles. The highest BCUT2D eigenvalue weighted by molar-refractivity contribution is 5.96. The summed E-state index contributed by atoms with van der Waals surface area (Å²) in [5.74, 6) is -0.825. The minimum atomic E-state index is -0.519. The fourth-order valence-corrected chi connectivity index (χ4v) is 5.12. The average Bonchev–Trinajstić information content (AvgIpc) is 3.00. The van der Waals surface area contributed by atoms with E-state index in [1.54, 1.807) is 23.1 Å². The van der Waals surface area contributed by atoms with Crippen molar-refractivity contribution in [1.82, 2.24) is 4.90 Å². The van der Waals surface area contributed by atoms with Crippen LogP contribution >= 0.6 is 0 Å². The molecule has 7 heteroatoms. The predicted octanol–water partition coefficient (Wildman–Crippen LogP) is 4.21. The number of benzene rings is 2. The Morgan fingerprint density at radius 2 is 1.79 bits per heavy atom. The number of hydrogen-bond acceptors (Lipinski definition) is 4. The summed E-state index contributed by atoms with van der Waals surface area (Å²) < 4.78 is 27.7. The summed E-state index contributed by atoms with van der Waals surface area (Å²) in [6.45, 7) is 1.91. The van der Waals surface area contributed by atoms with E-state index in [1.807, 2.05) is 4.90 Å². The molecule has 1 fully saturated rings. The molecule has 0 radical (unpaired) electrons. The zero-order valence-corrected chi connectivity index (χ0v) is 18.6. The molecule has 33 heavy (non-hydrogen) atoms. The molecule has 2 aliphatic rings. The Labute approximate surface area is 193 Å². The summed E-state index contributed by atoms with van der Waals surface area (Å²) in [7, 11) is 0. The highest BCUT2D eigenvalue weighted by Gasteiger charge is 2.35. The smallest absolute Gasteiger partial charge is 0.241 e. The Bertz CT molecular complexity index is 1030. The van der Waals surface area contributed by atoms with Crippen molar-refractivity contribution in [1.29, 1.82) is 5.26 Å². The maximum absolute atomic E-state index is 14.3. The number of amides is 1. The van der Waals surface area contributed by atoms with Gasteiger partial charge >= 0.3 is 0 Å². The lowest BCUT2D eigenvalue weighted by Gasteiger charge is -2.37. The van der Waals surface area contributed by atoms with Crippen LogP contribution in [-0.2, 0) is 4.79 Å².